The van der Waals surface area contributed by atoms with Crippen LogP contribution >= 0.6 is 0 Å². The van der Waals surface area contributed by atoms with Crippen molar-refractivity contribution < 1.29 is 4.79 Å². The molecular weight excluding hydrogens is 326 g/mol. The van der Waals surface area contributed by atoms with Gasteiger partial charge in [0.05, 0.1) is 6.04 Å². The standard InChI is InChI=1S/C20H29N5O/c1-4-24(5-2)20(26)18(16-11-7-6-8-12-16)21-15(3)19-23-22-17-13-9-10-14-25(17)19/h6-8,11-12,15,18,21H,4-5,9-10,13-14H2,1-3H3/t15-,18+/m0/s1. The van der Waals surface area contributed by atoms with Crippen molar-refractivity contribution >= 4 is 5.91 Å². The summed E-state index contributed by atoms with van der Waals surface area (Å²) in [6.45, 7) is 8.47. The summed E-state index contributed by atoms with van der Waals surface area (Å²) in [5.41, 5.74) is 0.981. The number of rotatable bonds is 7. The first-order chi connectivity index (χ1) is 12.7. The van der Waals surface area contributed by atoms with Gasteiger partial charge < -0.3 is 9.47 Å². The smallest absolute Gasteiger partial charge is 0.244 e. The van der Waals surface area contributed by atoms with E-state index >= 15 is 0 Å². The van der Waals surface area contributed by atoms with Crippen LogP contribution in [0.15, 0.2) is 30.3 Å². The summed E-state index contributed by atoms with van der Waals surface area (Å²) in [7, 11) is 0. The summed E-state index contributed by atoms with van der Waals surface area (Å²) in [6, 6.07) is 9.49. The maximum Gasteiger partial charge on any atom is 0.244 e. The Morgan fingerprint density at radius 3 is 2.62 bits per heavy atom. The van der Waals surface area contributed by atoms with Crippen LogP contribution in [0.3, 0.4) is 0 Å². The molecule has 2 atom stereocenters. The van der Waals surface area contributed by atoms with Crippen LogP contribution in [-0.2, 0) is 17.8 Å². The Morgan fingerprint density at radius 2 is 1.92 bits per heavy atom. The number of nitrogens with zero attached hydrogens (tertiary/aromatic N) is 4. The summed E-state index contributed by atoms with van der Waals surface area (Å²) in [5.74, 6) is 2.09. The predicted octanol–water partition coefficient (Wildman–Crippen LogP) is 2.87. The second-order valence-electron chi connectivity index (χ2n) is 6.83. The zero-order valence-corrected chi connectivity index (χ0v) is 16.0. The van der Waals surface area contributed by atoms with Crippen LogP contribution in [0.5, 0.6) is 0 Å². The first-order valence-electron chi connectivity index (χ1n) is 9.67. The second-order valence-corrected chi connectivity index (χ2v) is 6.83. The van der Waals surface area contributed by atoms with Gasteiger partial charge in [-0.2, -0.15) is 0 Å². The molecule has 0 spiro atoms. The van der Waals surface area contributed by atoms with Gasteiger partial charge in [-0.1, -0.05) is 30.3 Å². The number of aryl methyl sites for hydroxylation is 1. The monoisotopic (exact) mass is 355 g/mol. The fourth-order valence-corrected chi connectivity index (χ4v) is 3.65. The Balaban J connectivity index is 1.85. The number of hydrogen-bond acceptors (Lipinski definition) is 4. The molecule has 1 aromatic carbocycles. The van der Waals surface area contributed by atoms with Crippen molar-refractivity contribution in [3.8, 4) is 0 Å². The van der Waals surface area contributed by atoms with Gasteiger partial charge in [-0.15, -0.1) is 10.2 Å². The van der Waals surface area contributed by atoms with E-state index in [1.807, 2.05) is 49.1 Å². The molecule has 2 heterocycles. The van der Waals surface area contributed by atoms with Crippen molar-refractivity contribution in [2.45, 2.75) is 58.7 Å². The van der Waals surface area contributed by atoms with Crippen molar-refractivity contribution in [2.24, 2.45) is 0 Å². The van der Waals surface area contributed by atoms with Crippen LogP contribution in [0.2, 0.25) is 0 Å². The lowest BCUT2D eigenvalue weighted by atomic mass is 10.0. The van der Waals surface area contributed by atoms with Crippen molar-refractivity contribution in [1.29, 1.82) is 0 Å². The predicted molar refractivity (Wildman–Crippen MR) is 102 cm³/mol. The fraction of sp³-hybridized carbons (Fsp3) is 0.550. The number of aromatic nitrogens is 3. The van der Waals surface area contributed by atoms with Crippen LogP contribution in [0, 0.1) is 0 Å². The van der Waals surface area contributed by atoms with Gasteiger partial charge in [0, 0.05) is 26.1 Å². The minimum Gasteiger partial charge on any atom is -0.342 e. The van der Waals surface area contributed by atoms with Crippen LogP contribution < -0.4 is 5.32 Å². The normalized spacial score (nSPS) is 16.0. The van der Waals surface area contributed by atoms with Gasteiger partial charge >= 0.3 is 0 Å². The van der Waals surface area contributed by atoms with Gasteiger partial charge in [0.1, 0.15) is 17.7 Å². The first kappa shape index (κ1) is 18.6. The molecule has 0 bridgehead atoms. The van der Waals surface area contributed by atoms with E-state index in [1.165, 1.54) is 6.42 Å². The van der Waals surface area contributed by atoms with Crippen LogP contribution in [0.25, 0.3) is 0 Å². The van der Waals surface area contributed by atoms with Crippen LogP contribution in [0.4, 0.5) is 0 Å². The second kappa shape index (κ2) is 8.45. The highest BCUT2D eigenvalue weighted by Gasteiger charge is 2.28. The van der Waals surface area contributed by atoms with Gasteiger partial charge in [0.2, 0.25) is 5.91 Å². The maximum absolute atomic E-state index is 13.1. The fourth-order valence-electron chi connectivity index (χ4n) is 3.65. The largest absolute Gasteiger partial charge is 0.342 e. The molecule has 0 aliphatic carbocycles. The third kappa shape index (κ3) is 3.80. The molecule has 26 heavy (non-hydrogen) atoms. The molecule has 0 radical (unpaired) electrons. The third-order valence-electron chi connectivity index (χ3n) is 5.15. The Kier molecular flexibility index (Phi) is 6.04. The Hall–Kier alpha value is -2.21. The summed E-state index contributed by atoms with van der Waals surface area (Å²) in [5, 5.41) is 12.3. The minimum atomic E-state index is -0.386. The van der Waals surface area contributed by atoms with Crippen molar-refractivity contribution in [3.63, 3.8) is 0 Å². The maximum atomic E-state index is 13.1. The molecule has 1 aromatic heterocycles. The average molecular weight is 355 g/mol. The molecule has 6 nitrogen and oxygen atoms in total. The highest BCUT2D eigenvalue weighted by Crippen LogP contribution is 2.23. The molecule has 6 heteroatoms. The summed E-state index contributed by atoms with van der Waals surface area (Å²) < 4.78 is 2.21. The summed E-state index contributed by atoms with van der Waals surface area (Å²) >= 11 is 0. The van der Waals surface area contributed by atoms with E-state index in [-0.39, 0.29) is 18.0 Å². The molecule has 2 aromatic rings. The Labute approximate surface area is 155 Å². The van der Waals surface area contributed by atoms with Crippen LogP contribution in [0.1, 0.15) is 62.9 Å². The van der Waals surface area contributed by atoms with Crippen molar-refractivity contribution in [2.75, 3.05) is 13.1 Å². The van der Waals surface area contributed by atoms with Gasteiger partial charge in [0.25, 0.3) is 0 Å². The molecule has 140 valence electrons. The van der Waals surface area contributed by atoms with E-state index < -0.39 is 0 Å². The molecule has 0 saturated carbocycles. The molecule has 1 amide bonds. The third-order valence-corrected chi connectivity index (χ3v) is 5.15. The number of amides is 1. The first-order valence-corrected chi connectivity index (χ1v) is 9.67. The van der Waals surface area contributed by atoms with Gasteiger partial charge in [-0.05, 0) is 39.2 Å². The zero-order valence-electron chi connectivity index (χ0n) is 16.0. The van der Waals surface area contributed by atoms with E-state index in [9.17, 15) is 4.79 Å². The minimum absolute atomic E-state index is 0.0564. The van der Waals surface area contributed by atoms with Gasteiger partial charge in [-0.25, -0.2) is 0 Å². The Bertz CT molecular complexity index is 723. The lowest BCUT2D eigenvalue weighted by molar-refractivity contribution is -0.133. The zero-order chi connectivity index (χ0) is 18.5. The van der Waals surface area contributed by atoms with E-state index in [0.29, 0.717) is 13.1 Å². The molecule has 1 aliphatic heterocycles. The van der Waals surface area contributed by atoms with Crippen molar-refractivity contribution in [1.82, 2.24) is 25.0 Å². The van der Waals surface area contributed by atoms with Gasteiger partial charge in [-0.3, -0.25) is 10.1 Å². The molecule has 1 N–H and O–H groups in total. The average Bonchev–Trinajstić information content (AvgIpc) is 3.11. The quantitative estimate of drug-likeness (QED) is 0.829. The molecule has 3 rings (SSSR count). The molecule has 0 saturated heterocycles. The number of hydrogen-bond donors (Lipinski definition) is 1. The molecular formula is C20H29N5O. The molecule has 1 aliphatic rings. The number of likely N-dealkylation sites (N-methyl/N-ethyl adjacent to an activating group) is 1. The van der Waals surface area contributed by atoms with Gasteiger partial charge in [0.15, 0.2) is 0 Å². The highest BCUT2D eigenvalue weighted by molar-refractivity contribution is 5.83. The summed E-state index contributed by atoms with van der Waals surface area (Å²) in [6.07, 6.45) is 3.32. The number of carbonyl (C=O) groups is 1. The summed E-state index contributed by atoms with van der Waals surface area (Å²) in [4.78, 5) is 15.0. The molecule has 0 fully saturated rings. The van der Waals surface area contributed by atoms with Crippen molar-refractivity contribution in [3.05, 3.63) is 47.5 Å². The number of nitrogens with one attached hydrogen (secondary N) is 1. The van der Waals surface area contributed by atoms with E-state index in [1.54, 1.807) is 0 Å². The highest BCUT2D eigenvalue weighted by atomic mass is 16.2. The SMILES string of the molecule is CCN(CC)C(=O)[C@H](N[C@@H](C)c1nnc2n1CCCC2)c1ccccc1. The lowest BCUT2D eigenvalue weighted by Crippen LogP contribution is -2.42. The number of fused-ring (bicyclic) bond motifs is 1. The topological polar surface area (TPSA) is 63.1 Å². The van der Waals surface area contributed by atoms with E-state index in [2.05, 4.69) is 27.0 Å². The number of benzene rings is 1. The lowest BCUT2D eigenvalue weighted by Gasteiger charge is -2.28. The van der Waals surface area contributed by atoms with E-state index in [4.69, 9.17) is 0 Å². The molecule has 0 unspecified atom stereocenters. The number of carbonyl (C=O) groups excluding carboxylic acids is 1. The Morgan fingerprint density at radius 1 is 1.19 bits per heavy atom. The van der Waals surface area contributed by atoms with Crippen LogP contribution in [-0.4, -0.2) is 38.7 Å². The van der Waals surface area contributed by atoms with E-state index in [0.717, 1.165) is 36.6 Å².